The molecule has 1 aromatic rings. The van der Waals surface area contributed by atoms with Gasteiger partial charge in [0, 0.05) is 10.7 Å². The summed E-state index contributed by atoms with van der Waals surface area (Å²) in [6.45, 7) is 0.0363. The lowest BCUT2D eigenvalue weighted by atomic mass is 10.5. The molecule has 0 fully saturated rings. The second kappa shape index (κ2) is 4.66. The molecule has 0 aliphatic heterocycles. The van der Waals surface area contributed by atoms with E-state index in [2.05, 4.69) is 26.1 Å². The molecule has 0 aliphatic rings. The van der Waals surface area contributed by atoms with Crippen LogP contribution in [-0.4, -0.2) is 22.6 Å². The van der Waals surface area contributed by atoms with Crippen molar-refractivity contribution in [3.8, 4) is 5.75 Å². The van der Waals surface area contributed by atoms with Gasteiger partial charge in [-0.25, -0.2) is 0 Å². The maximum Gasteiger partial charge on any atom is 0.177 e. The van der Waals surface area contributed by atoms with Gasteiger partial charge in [0.15, 0.2) is 5.84 Å². The summed E-state index contributed by atoms with van der Waals surface area (Å²) in [5, 5.41) is 11.0. The van der Waals surface area contributed by atoms with Crippen LogP contribution in [0.1, 0.15) is 0 Å². The summed E-state index contributed by atoms with van der Waals surface area (Å²) in [6, 6.07) is 1.73. The number of nitrogens with two attached hydrogens (primary N) is 1. The van der Waals surface area contributed by atoms with Crippen LogP contribution in [0.5, 0.6) is 5.75 Å². The first-order chi connectivity index (χ1) is 6.22. The molecule has 0 aromatic carbocycles. The average Bonchev–Trinajstić information content (AvgIpc) is 2.14. The second-order valence-electron chi connectivity index (χ2n) is 2.22. The number of aromatic nitrogens is 1. The molecule has 70 valence electrons. The normalized spacial score (nSPS) is 11.3. The zero-order valence-electron chi connectivity index (χ0n) is 6.64. The topological polar surface area (TPSA) is 80.7 Å². The lowest BCUT2D eigenvalue weighted by Gasteiger charge is -2.03. The quantitative estimate of drug-likeness (QED) is 0.360. The van der Waals surface area contributed by atoms with Crippen LogP contribution in [0.3, 0.4) is 0 Å². The fraction of sp³-hybridized carbons (Fsp3) is 0.143. The fourth-order valence-corrected chi connectivity index (χ4v) is 1.00. The number of hydrogen-bond donors (Lipinski definition) is 2. The van der Waals surface area contributed by atoms with Crippen LogP contribution in [0.4, 0.5) is 0 Å². The van der Waals surface area contributed by atoms with Crippen molar-refractivity contribution >= 4 is 21.8 Å². The van der Waals surface area contributed by atoms with Gasteiger partial charge in [-0.15, -0.1) is 0 Å². The Morgan fingerprint density at radius 3 is 3.08 bits per heavy atom. The van der Waals surface area contributed by atoms with Crippen molar-refractivity contribution in [3.63, 3.8) is 0 Å². The highest BCUT2D eigenvalue weighted by Gasteiger charge is 1.97. The minimum atomic E-state index is 0.0139. The SMILES string of the molecule is NC(COc1cncc(Br)c1)=NO. The Hall–Kier alpha value is -1.30. The molecule has 1 heterocycles. The number of rotatable bonds is 3. The average molecular weight is 246 g/mol. The minimum absolute atomic E-state index is 0.0139. The Kier molecular flexibility index (Phi) is 3.51. The largest absolute Gasteiger partial charge is 0.484 e. The van der Waals surface area contributed by atoms with Crippen molar-refractivity contribution in [2.45, 2.75) is 0 Å². The van der Waals surface area contributed by atoms with Gasteiger partial charge >= 0.3 is 0 Å². The van der Waals surface area contributed by atoms with Crippen LogP contribution in [0, 0.1) is 0 Å². The molecule has 1 rings (SSSR count). The van der Waals surface area contributed by atoms with Gasteiger partial charge in [0.05, 0.1) is 6.20 Å². The van der Waals surface area contributed by atoms with Crippen LogP contribution < -0.4 is 10.5 Å². The van der Waals surface area contributed by atoms with E-state index in [4.69, 9.17) is 15.7 Å². The standard InChI is InChI=1S/C7H8BrN3O2/c8-5-1-6(3-10-2-5)13-4-7(9)11-12/h1-3,12H,4H2,(H2,9,11). The molecule has 0 amide bonds. The number of nitrogens with zero attached hydrogens (tertiary/aromatic N) is 2. The van der Waals surface area contributed by atoms with Gasteiger partial charge in [0.1, 0.15) is 12.4 Å². The first-order valence-electron chi connectivity index (χ1n) is 3.42. The Bertz CT molecular complexity index is 316. The molecule has 13 heavy (non-hydrogen) atoms. The molecule has 0 spiro atoms. The van der Waals surface area contributed by atoms with Gasteiger partial charge in [0.25, 0.3) is 0 Å². The molecule has 0 saturated heterocycles. The van der Waals surface area contributed by atoms with E-state index >= 15 is 0 Å². The van der Waals surface area contributed by atoms with E-state index in [1.54, 1.807) is 12.3 Å². The van der Waals surface area contributed by atoms with E-state index in [-0.39, 0.29) is 12.4 Å². The third-order valence-corrected chi connectivity index (χ3v) is 1.63. The summed E-state index contributed by atoms with van der Waals surface area (Å²) >= 11 is 3.23. The summed E-state index contributed by atoms with van der Waals surface area (Å²) in [5.41, 5.74) is 5.20. The third kappa shape index (κ3) is 3.29. The van der Waals surface area contributed by atoms with Gasteiger partial charge < -0.3 is 15.7 Å². The van der Waals surface area contributed by atoms with E-state index in [0.717, 1.165) is 4.47 Å². The van der Waals surface area contributed by atoms with E-state index in [9.17, 15) is 0 Å². The van der Waals surface area contributed by atoms with E-state index in [0.29, 0.717) is 5.75 Å². The Morgan fingerprint density at radius 1 is 1.69 bits per heavy atom. The smallest absolute Gasteiger partial charge is 0.177 e. The summed E-state index contributed by atoms with van der Waals surface area (Å²) in [4.78, 5) is 3.87. The third-order valence-electron chi connectivity index (χ3n) is 1.19. The minimum Gasteiger partial charge on any atom is -0.484 e. The van der Waals surface area contributed by atoms with Crippen LogP contribution in [0.25, 0.3) is 0 Å². The van der Waals surface area contributed by atoms with Gasteiger partial charge in [-0.1, -0.05) is 5.16 Å². The van der Waals surface area contributed by atoms with E-state index in [1.807, 2.05) is 0 Å². The number of halogens is 1. The predicted octanol–water partition coefficient (Wildman–Crippen LogP) is 0.969. The molecular weight excluding hydrogens is 238 g/mol. The summed E-state index contributed by atoms with van der Waals surface area (Å²) in [5.74, 6) is 0.570. The fourth-order valence-electron chi connectivity index (χ4n) is 0.657. The number of hydrogen-bond acceptors (Lipinski definition) is 4. The number of amidine groups is 1. The van der Waals surface area contributed by atoms with Crippen molar-refractivity contribution in [2.24, 2.45) is 10.9 Å². The lowest BCUT2D eigenvalue weighted by Crippen LogP contribution is -2.20. The van der Waals surface area contributed by atoms with E-state index in [1.165, 1.54) is 6.20 Å². The highest BCUT2D eigenvalue weighted by molar-refractivity contribution is 9.10. The maximum absolute atomic E-state index is 8.23. The van der Waals surface area contributed by atoms with E-state index < -0.39 is 0 Å². The molecule has 0 radical (unpaired) electrons. The van der Waals surface area contributed by atoms with Crippen molar-refractivity contribution in [2.75, 3.05) is 6.61 Å². The first kappa shape index (κ1) is 9.79. The van der Waals surface area contributed by atoms with Crippen molar-refractivity contribution < 1.29 is 9.94 Å². The Balaban J connectivity index is 2.55. The summed E-state index contributed by atoms with van der Waals surface area (Å²) in [7, 11) is 0. The summed E-state index contributed by atoms with van der Waals surface area (Å²) in [6.07, 6.45) is 3.17. The molecule has 0 unspecified atom stereocenters. The lowest BCUT2D eigenvalue weighted by molar-refractivity contribution is 0.306. The van der Waals surface area contributed by atoms with Crippen molar-refractivity contribution in [3.05, 3.63) is 22.9 Å². The highest BCUT2D eigenvalue weighted by Crippen LogP contribution is 2.15. The molecule has 0 atom stereocenters. The van der Waals surface area contributed by atoms with Gasteiger partial charge in [-0.05, 0) is 22.0 Å². The maximum atomic E-state index is 8.23. The molecular formula is C7H8BrN3O2. The van der Waals surface area contributed by atoms with Crippen LogP contribution in [0.2, 0.25) is 0 Å². The van der Waals surface area contributed by atoms with Crippen molar-refractivity contribution in [1.82, 2.24) is 4.98 Å². The summed E-state index contributed by atoms with van der Waals surface area (Å²) < 4.78 is 5.94. The Morgan fingerprint density at radius 2 is 2.46 bits per heavy atom. The van der Waals surface area contributed by atoms with Crippen LogP contribution in [0.15, 0.2) is 28.1 Å². The molecule has 1 aromatic heterocycles. The van der Waals surface area contributed by atoms with Gasteiger partial charge in [0.2, 0.25) is 0 Å². The Labute approximate surface area is 83.3 Å². The van der Waals surface area contributed by atoms with Gasteiger partial charge in [-0.2, -0.15) is 0 Å². The molecule has 0 bridgehead atoms. The van der Waals surface area contributed by atoms with Crippen LogP contribution >= 0.6 is 15.9 Å². The van der Waals surface area contributed by atoms with Crippen molar-refractivity contribution in [1.29, 1.82) is 0 Å². The first-order valence-corrected chi connectivity index (χ1v) is 4.21. The highest BCUT2D eigenvalue weighted by atomic mass is 79.9. The molecule has 3 N–H and O–H groups in total. The van der Waals surface area contributed by atoms with Gasteiger partial charge in [-0.3, -0.25) is 4.98 Å². The molecule has 0 aliphatic carbocycles. The monoisotopic (exact) mass is 245 g/mol. The number of ether oxygens (including phenoxy) is 1. The number of oxime groups is 1. The number of pyridine rings is 1. The predicted molar refractivity (Wildman–Crippen MR) is 50.8 cm³/mol. The van der Waals surface area contributed by atoms with Crippen LogP contribution in [-0.2, 0) is 0 Å². The zero-order valence-corrected chi connectivity index (χ0v) is 8.23. The second-order valence-corrected chi connectivity index (χ2v) is 3.13. The molecule has 5 nitrogen and oxygen atoms in total. The molecule has 0 saturated carbocycles. The molecule has 6 heteroatoms. The zero-order chi connectivity index (χ0) is 9.68.